The number of halogens is 1. The van der Waals surface area contributed by atoms with Crippen molar-refractivity contribution < 1.29 is 13.2 Å². The van der Waals surface area contributed by atoms with E-state index in [9.17, 15) is 8.42 Å². The highest BCUT2D eigenvalue weighted by Gasteiger charge is 2.21. The van der Waals surface area contributed by atoms with Crippen LogP contribution in [0.4, 0.5) is 5.82 Å². The molecule has 0 saturated carbocycles. The van der Waals surface area contributed by atoms with Crippen LogP contribution in [0, 0.1) is 13.8 Å². The van der Waals surface area contributed by atoms with Gasteiger partial charge in [0, 0.05) is 6.20 Å². The maximum Gasteiger partial charge on any atom is 0.263 e. The number of hydrogen-bond acceptors (Lipinski definition) is 5. The summed E-state index contributed by atoms with van der Waals surface area (Å²) in [5, 5.41) is -0.0293. The molecule has 112 valence electrons. The molecule has 0 aliphatic carbocycles. The Hall–Kier alpha value is -1.86. The summed E-state index contributed by atoms with van der Waals surface area (Å²) in [7, 11) is -2.24. The Bertz CT molecular complexity index is 755. The second kappa shape index (κ2) is 5.87. The van der Waals surface area contributed by atoms with Gasteiger partial charge in [-0.05, 0) is 54.8 Å². The van der Waals surface area contributed by atoms with E-state index in [1.54, 1.807) is 26.0 Å². The third-order valence-electron chi connectivity index (χ3n) is 2.80. The number of aryl methyl sites for hydroxylation is 2. The lowest BCUT2D eigenvalue weighted by Gasteiger charge is -2.13. The number of ether oxygens (including phenoxy) is 1. The van der Waals surface area contributed by atoms with Crippen molar-refractivity contribution in [3.8, 4) is 5.75 Å². The van der Waals surface area contributed by atoms with Crippen LogP contribution in [0.3, 0.4) is 0 Å². The van der Waals surface area contributed by atoms with Crippen LogP contribution in [-0.2, 0) is 10.0 Å². The Morgan fingerprint density at radius 2 is 1.86 bits per heavy atom. The fraction of sp³-hybridized carbons (Fsp3) is 0.231. The molecule has 1 aromatic heterocycles. The molecule has 0 spiro atoms. The van der Waals surface area contributed by atoms with E-state index in [-0.39, 0.29) is 16.0 Å². The van der Waals surface area contributed by atoms with Crippen LogP contribution in [0.5, 0.6) is 5.75 Å². The monoisotopic (exact) mass is 327 g/mol. The summed E-state index contributed by atoms with van der Waals surface area (Å²) < 4.78 is 32.5. The standard InChI is InChI=1S/C13H14ClN3O3S/c1-8-6-10(20-3)7-9(2)12(8)21(18,19)17-11-4-5-15-13(14)16-11/h4-7H,1-3H3,(H,15,16,17). The average molecular weight is 328 g/mol. The van der Waals surface area contributed by atoms with Crippen LogP contribution < -0.4 is 9.46 Å². The quantitative estimate of drug-likeness (QED) is 0.873. The van der Waals surface area contributed by atoms with Crippen LogP contribution in [0.15, 0.2) is 29.3 Å². The van der Waals surface area contributed by atoms with Crippen LogP contribution in [0.2, 0.25) is 5.28 Å². The van der Waals surface area contributed by atoms with E-state index in [0.717, 1.165) is 0 Å². The first kappa shape index (κ1) is 15.5. The molecule has 21 heavy (non-hydrogen) atoms. The number of anilines is 1. The van der Waals surface area contributed by atoms with Crippen molar-refractivity contribution in [2.75, 3.05) is 11.8 Å². The molecule has 2 rings (SSSR count). The summed E-state index contributed by atoms with van der Waals surface area (Å²) in [6.45, 7) is 3.41. The Labute approximate surface area is 128 Å². The minimum absolute atomic E-state index is 0.0293. The molecular formula is C13H14ClN3O3S. The van der Waals surface area contributed by atoms with Crippen molar-refractivity contribution in [1.29, 1.82) is 0 Å². The summed E-state index contributed by atoms with van der Waals surface area (Å²) >= 11 is 5.65. The smallest absolute Gasteiger partial charge is 0.263 e. The van der Waals surface area contributed by atoms with Gasteiger partial charge in [0.25, 0.3) is 10.0 Å². The average Bonchev–Trinajstić information content (AvgIpc) is 2.36. The molecule has 0 aliphatic heterocycles. The number of nitrogens with zero attached hydrogens (tertiary/aromatic N) is 2. The van der Waals surface area contributed by atoms with Crippen molar-refractivity contribution in [3.05, 3.63) is 40.8 Å². The van der Waals surface area contributed by atoms with Gasteiger partial charge in [0.1, 0.15) is 11.6 Å². The van der Waals surface area contributed by atoms with Crippen molar-refractivity contribution in [1.82, 2.24) is 9.97 Å². The number of benzene rings is 1. The Balaban J connectivity index is 2.45. The number of rotatable bonds is 4. The molecule has 0 radical (unpaired) electrons. The number of aromatic nitrogens is 2. The zero-order valence-electron chi connectivity index (χ0n) is 11.7. The predicted molar refractivity (Wildman–Crippen MR) is 80.3 cm³/mol. The zero-order valence-corrected chi connectivity index (χ0v) is 13.3. The molecule has 0 saturated heterocycles. The highest BCUT2D eigenvalue weighted by molar-refractivity contribution is 7.92. The van der Waals surface area contributed by atoms with E-state index in [1.165, 1.54) is 19.4 Å². The minimum Gasteiger partial charge on any atom is -0.497 e. The van der Waals surface area contributed by atoms with Gasteiger partial charge in [-0.2, -0.15) is 4.98 Å². The summed E-state index contributed by atoms with van der Waals surface area (Å²) in [5.41, 5.74) is 1.17. The molecule has 1 aromatic carbocycles. The normalized spacial score (nSPS) is 11.2. The highest BCUT2D eigenvalue weighted by atomic mass is 35.5. The third kappa shape index (κ3) is 3.43. The van der Waals surface area contributed by atoms with Crippen molar-refractivity contribution in [2.24, 2.45) is 0 Å². The Morgan fingerprint density at radius 1 is 1.24 bits per heavy atom. The number of sulfonamides is 1. The molecule has 0 unspecified atom stereocenters. The van der Waals surface area contributed by atoms with Crippen LogP contribution in [-0.4, -0.2) is 25.5 Å². The first-order chi connectivity index (χ1) is 9.83. The molecule has 0 fully saturated rings. The molecule has 6 nitrogen and oxygen atoms in total. The topological polar surface area (TPSA) is 81.2 Å². The van der Waals surface area contributed by atoms with Crippen LogP contribution in [0.1, 0.15) is 11.1 Å². The maximum atomic E-state index is 12.5. The van der Waals surface area contributed by atoms with Gasteiger partial charge in [0.05, 0.1) is 12.0 Å². The molecule has 2 aromatic rings. The van der Waals surface area contributed by atoms with Crippen molar-refractivity contribution >= 4 is 27.4 Å². The van der Waals surface area contributed by atoms with Gasteiger partial charge in [0.2, 0.25) is 5.28 Å². The first-order valence-electron chi connectivity index (χ1n) is 6.00. The summed E-state index contributed by atoms with van der Waals surface area (Å²) in [6, 6.07) is 4.75. The maximum absolute atomic E-state index is 12.5. The molecule has 0 amide bonds. The summed E-state index contributed by atoms with van der Waals surface area (Å²) in [4.78, 5) is 7.71. The van der Waals surface area contributed by atoms with Gasteiger partial charge in [-0.3, -0.25) is 4.72 Å². The first-order valence-corrected chi connectivity index (χ1v) is 7.86. The van der Waals surface area contributed by atoms with Crippen molar-refractivity contribution in [3.63, 3.8) is 0 Å². The Morgan fingerprint density at radius 3 is 2.38 bits per heavy atom. The van der Waals surface area contributed by atoms with Gasteiger partial charge in [-0.25, -0.2) is 13.4 Å². The molecule has 8 heteroatoms. The zero-order chi connectivity index (χ0) is 15.6. The minimum atomic E-state index is -3.77. The van der Waals surface area contributed by atoms with Gasteiger partial charge in [0.15, 0.2) is 0 Å². The second-order valence-electron chi connectivity index (χ2n) is 4.41. The SMILES string of the molecule is COc1cc(C)c(S(=O)(=O)Nc2ccnc(Cl)n2)c(C)c1. The van der Waals surface area contributed by atoms with E-state index in [1.807, 2.05) is 0 Å². The Kier molecular flexibility index (Phi) is 4.34. The molecule has 0 atom stereocenters. The van der Waals surface area contributed by atoms with E-state index in [0.29, 0.717) is 16.9 Å². The predicted octanol–water partition coefficient (Wildman–Crippen LogP) is 2.56. The van der Waals surface area contributed by atoms with E-state index in [4.69, 9.17) is 16.3 Å². The number of hydrogen-bond donors (Lipinski definition) is 1. The molecule has 1 heterocycles. The van der Waals surface area contributed by atoms with E-state index >= 15 is 0 Å². The van der Waals surface area contributed by atoms with Crippen LogP contribution in [0.25, 0.3) is 0 Å². The fourth-order valence-electron chi connectivity index (χ4n) is 2.03. The fourth-order valence-corrected chi connectivity index (χ4v) is 3.64. The highest BCUT2D eigenvalue weighted by Crippen LogP contribution is 2.27. The number of nitrogens with one attached hydrogen (secondary N) is 1. The van der Waals surface area contributed by atoms with Gasteiger partial charge in [-0.1, -0.05) is 0 Å². The number of methoxy groups -OCH3 is 1. The molecule has 0 aliphatic rings. The summed E-state index contributed by atoms with van der Waals surface area (Å²) in [5.74, 6) is 0.721. The third-order valence-corrected chi connectivity index (χ3v) is 4.64. The van der Waals surface area contributed by atoms with Gasteiger partial charge < -0.3 is 4.74 Å². The van der Waals surface area contributed by atoms with Gasteiger partial charge >= 0.3 is 0 Å². The molecule has 0 bridgehead atoms. The lowest BCUT2D eigenvalue weighted by Crippen LogP contribution is -2.16. The molecule has 1 N–H and O–H groups in total. The summed E-state index contributed by atoms with van der Waals surface area (Å²) in [6.07, 6.45) is 1.38. The second-order valence-corrected chi connectivity index (χ2v) is 6.36. The van der Waals surface area contributed by atoms with E-state index < -0.39 is 10.0 Å². The molecular weight excluding hydrogens is 314 g/mol. The lowest BCUT2D eigenvalue weighted by atomic mass is 10.1. The van der Waals surface area contributed by atoms with Gasteiger partial charge in [-0.15, -0.1) is 0 Å². The van der Waals surface area contributed by atoms with Crippen LogP contribution >= 0.6 is 11.6 Å². The van der Waals surface area contributed by atoms with E-state index in [2.05, 4.69) is 14.7 Å². The largest absolute Gasteiger partial charge is 0.497 e. The van der Waals surface area contributed by atoms with Crippen molar-refractivity contribution in [2.45, 2.75) is 18.7 Å². The lowest BCUT2D eigenvalue weighted by molar-refractivity contribution is 0.413.